The fourth-order valence-corrected chi connectivity index (χ4v) is 2.64. The van der Waals surface area contributed by atoms with Gasteiger partial charge in [-0.3, -0.25) is 0 Å². The van der Waals surface area contributed by atoms with Gasteiger partial charge in [0.25, 0.3) is 5.57 Å². The smallest absolute Gasteiger partial charge is 0.230 e. The zero-order valence-electron chi connectivity index (χ0n) is 9.52. The van der Waals surface area contributed by atoms with Crippen molar-refractivity contribution in [2.45, 2.75) is 13.8 Å². The van der Waals surface area contributed by atoms with E-state index in [4.69, 9.17) is 11.1 Å². The van der Waals surface area contributed by atoms with Crippen molar-refractivity contribution in [3.8, 4) is 0 Å². The molecule has 1 aromatic heterocycles. The van der Waals surface area contributed by atoms with E-state index in [1.165, 1.54) is 0 Å². The predicted octanol–water partition coefficient (Wildman–Crippen LogP) is 2.02. The Morgan fingerprint density at radius 2 is 1.75 bits per heavy atom. The van der Waals surface area contributed by atoms with Crippen LogP contribution >= 0.6 is 8.22 Å². The van der Waals surface area contributed by atoms with Crippen molar-refractivity contribution < 1.29 is 4.57 Å². The Bertz CT molecular complexity index is 461. The van der Waals surface area contributed by atoms with E-state index in [-0.39, 0.29) is 0 Å². The van der Waals surface area contributed by atoms with E-state index >= 15 is 0 Å². The van der Waals surface area contributed by atoms with Gasteiger partial charge in [-0.05, 0) is 11.1 Å². The van der Waals surface area contributed by atoms with E-state index in [2.05, 4.69) is 19.6 Å². The first-order chi connectivity index (χ1) is 7.54. The molecule has 0 aromatic carbocycles. The Morgan fingerprint density at radius 1 is 1.25 bits per heavy atom. The van der Waals surface area contributed by atoms with Gasteiger partial charge in [0.1, 0.15) is 11.4 Å². The van der Waals surface area contributed by atoms with Crippen LogP contribution in [0.15, 0.2) is 9.77 Å². The highest BCUT2D eigenvalue weighted by molar-refractivity contribution is 7.61. The third-order valence-corrected chi connectivity index (χ3v) is 4.01. The second-order valence-electron chi connectivity index (χ2n) is 3.24. The molecule has 0 aliphatic heterocycles. The summed E-state index contributed by atoms with van der Waals surface area (Å²) in [6, 6.07) is 0. The number of imidazole rings is 1. The summed E-state index contributed by atoms with van der Waals surface area (Å²) in [6.45, 7) is 3.91. The highest BCUT2D eigenvalue weighted by atomic mass is 31.1. The lowest BCUT2D eigenvalue weighted by molar-refractivity contribution is -0.658. The van der Waals surface area contributed by atoms with Gasteiger partial charge < -0.3 is 0 Å². The molecular formula is C7H12N8P+. The van der Waals surface area contributed by atoms with Crippen LogP contribution in [0.25, 0.3) is 20.9 Å². The second kappa shape index (κ2) is 4.86. The maximum absolute atomic E-state index is 8.46. The molecule has 0 bridgehead atoms. The monoisotopic (exact) mass is 239 g/mol. The minimum absolute atomic E-state index is 0.723. The average Bonchev–Trinajstić information content (AvgIpc) is 2.44. The Labute approximate surface area is 93.6 Å². The van der Waals surface area contributed by atoms with Crippen molar-refractivity contribution in [2.75, 3.05) is 0 Å². The van der Waals surface area contributed by atoms with Crippen LogP contribution in [0.3, 0.4) is 0 Å². The Balaban J connectivity index is 3.46. The van der Waals surface area contributed by atoms with Crippen LogP contribution < -0.4 is 10.1 Å². The van der Waals surface area contributed by atoms with Crippen LogP contribution in [0.4, 0.5) is 0 Å². The first-order valence-electron chi connectivity index (χ1n) is 4.46. The number of hydrogen-bond donors (Lipinski definition) is 0. The number of azide groups is 1. The number of aromatic nitrogens is 2. The van der Waals surface area contributed by atoms with Crippen LogP contribution in [-0.4, -0.2) is 4.57 Å². The average molecular weight is 239 g/mol. The van der Waals surface area contributed by atoms with E-state index in [1.54, 1.807) is 0 Å². The summed E-state index contributed by atoms with van der Waals surface area (Å²) in [5.74, 6) is 0. The molecule has 1 aromatic rings. The van der Waals surface area contributed by atoms with E-state index in [0.29, 0.717) is 0 Å². The van der Waals surface area contributed by atoms with Crippen molar-refractivity contribution in [3.05, 3.63) is 32.3 Å². The summed E-state index contributed by atoms with van der Waals surface area (Å²) in [6.07, 6.45) is 0. The molecule has 1 heterocycles. The fraction of sp³-hybridized carbons (Fsp3) is 0.571. The third-order valence-electron chi connectivity index (χ3n) is 2.56. The third kappa shape index (κ3) is 1.95. The lowest BCUT2D eigenvalue weighted by Crippen LogP contribution is -2.45. The van der Waals surface area contributed by atoms with Crippen molar-refractivity contribution in [1.29, 1.82) is 0 Å². The van der Waals surface area contributed by atoms with E-state index in [1.807, 2.05) is 37.1 Å². The zero-order chi connectivity index (χ0) is 12.3. The molecule has 1 rings (SSSR count). The summed E-state index contributed by atoms with van der Waals surface area (Å²) in [5.41, 5.74) is 19.7. The van der Waals surface area contributed by atoms with Crippen LogP contribution in [0.5, 0.6) is 0 Å². The van der Waals surface area contributed by atoms with Crippen molar-refractivity contribution in [3.63, 3.8) is 0 Å². The summed E-state index contributed by atoms with van der Waals surface area (Å²) in [4.78, 5) is 12.5. The maximum atomic E-state index is 8.46. The highest BCUT2D eigenvalue weighted by Gasteiger charge is 2.27. The quantitative estimate of drug-likeness (QED) is 0.253. The van der Waals surface area contributed by atoms with Gasteiger partial charge in [0.05, 0.1) is 14.1 Å². The summed E-state index contributed by atoms with van der Waals surface area (Å²) < 4.78 is 3.76. The summed E-state index contributed by atoms with van der Waals surface area (Å²) in [7, 11) is 2.16. The molecule has 0 aliphatic carbocycles. The van der Waals surface area contributed by atoms with Crippen LogP contribution in [0.1, 0.15) is 11.4 Å². The van der Waals surface area contributed by atoms with Crippen molar-refractivity contribution in [1.82, 2.24) is 4.57 Å². The molecule has 0 N–H and O–H groups in total. The lowest BCUT2D eigenvalue weighted by atomic mass is 10.4. The molecule has 84 valence electrons. The highest BCUT2D eigenvalue weighted by Crippen LogP contribution is 2.37. The van der Waals surface area contributed by atoms with E-state index < -0.39 is 8.22 Å². The molecule has 9 heteroatoms. The van der Waals surface area contributed by atoms with Crippen LogP contribution in [0.2, 0.25) is 0 Å². The number of rotatable bonds is 3. The minimum Gasteiger partial charge on any atom is -0.230 e. The van der Waals surface area contributed by atoms with Gasteiger partial charge in [-0.2, -0.15) is 0 Å². The first-order valence-corrected chi connectivity index (χ1v) is 5.71. The molecule has 8 nitrogen and oxygen atoms in total. The van der Waals surface area contributed by atoms with Gasteiger partial charge in [-0.15, -0.1) is 0 Å². The van der Waals surface area contributed by atoms with Crippen molar-refractivity contribution in [2.24, 2.45) is 23.9 Å². The zero-order valence-corrected chi connectivity index (χ0v) is 10.4. The molecule has 0 spiro atoms. The molecule has 0 atom stereocenters. The SMILES string of the molecule is Cc1c(C)[n+](C)c(P(N=[N+]=[N-])N=[N+]=[N-])n1C. The largest absolute Gasteiger partial charge is 0.289 e. The Hall–Kier alpha value is -1.74. The molecule has 0 aliphatic rings. The van der Waals surface area contributed by atoms with E-state index in [0.717, 1.165) is 17.0 Å². The molecule has 0 saturated heterocycles. The van der Waals surface area contributed by atoms with Gasteiger partial charge in [0.15, 0.2) is 8.22 Å². The van der Waals surface area contributed by atoms with Gasteiger partial charge in [-0.25, -0.2) is 9.13 Å². The fourth-order valence-electron chi connectivity index (χ4n) is 1.45. The predicted molar refractivity (Wildman–Crippen MR) is 60.9 cm³/mol. The Kier molecular flexibility index (Phi) is 3.74. The van der Waals surface area contributed by atoms with Gasteiger partial charge in [-0.1, -0.05) is 9.77 Å². The molecule has 0 radical (unpaired) electrons. The van der Waals surface area contributed by atoms with Crippen LogP contribution in [-0.2, 0) is 14.1 Å². The lowest BCUT2D eigenvalue weighted by Gasteiger charge is -2.00. The maximum Gasteiger partial charge on any atom is 0.289 e. The molecule has 0 amide bonds. The number of hydrogen-bond acceptors (Lipinski definition) is 2. The Morgan fingerprint density at radius 3 is 2.06 bits per heavy atom. The molecule has 0 fully saturated rings. The van der Waals surface area contributed by atoms with E-state index in [9.17, 15) is 0 Å². The summed E-state index contributed by atoms with van der Waals surface area (Å²) >= 11 is 0. The molecule has 16 heavy (non-hydrogen) atoms. The van der Waals surface area contributed by atoms with Gasteiger partial charge in [0, 0.05) is 23.7 Å². The van der Waals surface area contributed by atoms with Crippen LogP contribution in [0, 0.1) is 13.8 Å². The number of nitrogens with zero attached hydrogens (tertiary/aromatic N) is 8. The van der Waals surface area contributed by atoms with Gasteiger partial charge >= 0.3 is 0 Å². The molecule has 0 unspecified atom stereocenters. The molecular weight excluding hydrogens is 227 g/mol. The van der Waals surface area contributed by atoms with Gasteiger partial charge in [0.2, 0.25) is 0 Å². The minimum atomic E-state index is -1.55. The normalized spacial score (nSPS) is 11.5. The molecule has 0 saturated carbocycles. The topological polar surface area (TPSA) is 106 Å². The standard InChI is InChI=1S/C7H12N8P/c1-5-6(2)15(4)7(14(5)3)16(12-10-8)13-11-9/h1-4H3/q+1. The first kappa shape index (κ1) is 12.3. The second-order valence-corrected chi connectivity index (χ2v) is 4.57. The summed E-state index contributed by atoms with van der Waals surface area (Å²) in [5, 5.41) is 0. The van der Waals surface area contributed by atoms with Crippen molar-refractivity contribution >= 4 is 13.8 Å².